The smallest absolute Gasteiger partial charge is 0.234 e. The molecule has 6 nitrogen and oxygen atoms in total. The van der Waals surface area contributed by atoms with Crippen molar-refractivity contribution in [3.63, 3.8) is 0 Å². The number of aryl methyl sites for hydroxylation is 1. The third-order valence-electron chi connectivity index (χ3n) is 5.14. The minimum Gasteiger partial charge on any atom is -0.351 e. The number of para-hydroxylation sites is 1. The lowest BCUT2D eigenvalue weighted by atomic mass is 10.1. The number of Topliss-reactive ketones (excluding diaryl/α,β-unsaturated/α-hetero) is 1. The highest BCUT2D eigenvalue weighted by Gasteiger charge is 2.19. The SMILES string of the molecule is CCN(CC(=O)NCc1ccc(F)cc1)CC(=O)c1cn(CCC#N)c2ccccc12. The predicted octanol–water partition coefficient (Wildman–Crippen LogP) is 3.52. The van der Waals surface area contributed by atoms with Crippen LogP contribution in [0.15, 0.2) is 54.7 Å². The van der Waals surface area contributed by atoms with Crippen molar-refractivity contribution in [2.24, 2.45) is 0 Å². The first kappa shape index (κ1) is 22.2. The van der Waals surface area contributed by atoms with Crippen LogP contribution in [-0.2, 0) is 17.9 Å². The lowest BCUT2D eigenvalue weighted by Crippen LogP contribution is -2.39. The van der Waals surface area contributed by atoms with E-state index in [9.17, 15) is 14.0 Å². The van der Waals surface area contributed by atoms with Crippen molar-refractivity contribution in [1.82, 2.24) is 14.8 Å². The van der Waals surface area contributed by atoms with Gasteiger partial charge in [0.1, 0.15) is 5.82 Å². The summed E-state index contributed by atoms with van der Waals surface area (Å²) in [7, 11) is 0. The van der Waals surface area contributed by atoms with Crippen molar-refractivity contribution in [2.45, 2.75) is 26.4 Å². The van der Waals surface area contributed by atoms with Crippen molar-refractivity contribution < 1.29 is 14.0 Å². The molecule has 0 saturated carbocycles. The molecule has 1 aromatic heterocycles. The molecule has 7 heteroatoms. The van der Waals surface area contributed by atoms with Gasteiger partial charge in [0.2, 0.25) is 5.91 Å². The molecule has 2 aromatic carbocycles. The van der Waals surface area contributed by atoms with E-state index in [2.05, 4.69) is 11.4 Å². The van der Waals surface area contributed by atoms with Gasteiger partial charge in [-0.25, -0.2) is 4.39 Å². The molecule has 1 amide bonds. The number of carbonyl (C=O) groups is 2. The average Bonchev–Trinajstić information content (AvgIpc) is 3.15. The number of carbonyl (C=O) groups excluding carboxylic acids is 2. The van der Waals surface area contributed by atoms with Crippen LogP contribution < -0.4 is 5.32 Å². The molecule has 160 valence electrons. The molecule has 0 radical (unpaired) electrons. The van der Waals surface area contributed by atoms with Gasteiger partial charge in [0, 0.05) is 35.8 Å². The van der Waals surface area contributed by atoms with Crippen LogP contribution in [0.25, 0.3) is 10.9 Å². The lowest BCUT2D eigenvalue weighted by Gasteiger charge is -2.19. The molecular formula is C24H25FN4O2. The maximum Gasteiger partial charge on any atom is 0.234 e. The number of amides is 1. The summed E-state index contributed by atoms with van der Waals surface area (Å²) in [6, 6.07) is 15.7. The monoisotopic (exact) mass is 420 g/mol. The summed E-state index contributed by atoms with van der Waals surface area (Å²) in [4.78, 5) is 27.1. The van der Waals surface area contributed by atoms with Crippen LogP contribution >= 0.6 is 0 Å². The zero-order valence-corrected chi connectivity index (χ0v) is 17.5. The summed E-state index contributed by atoms with van der Waals surface area (Å²) in [5.41, 5.74) is 2.32. The van der Waals surface area contributed by atoms with Crippen molar-refractivity contribution in [2.75, 3.05) is 19.6 Å². The number of rotatable bonds is 10. The van der Waals surface area contributed by atoms with E-state index >= 15 is 0 Å². The van der Waals surface area contributed by atoms with E-state index in [0.717, 1.165) is 16.5 Å². The largest absolute Gasteiger partial charge is 0.351 e. The molecule has 0 aliphatic heterocycles. The van der Waals surface area contributed by atoms with Gasteiger partial charge in [-0.1, -0.05) is 37.3 Å². The van der Waals surface area contributed by atoms with Crippen molar-refractivity contribution >= 4 is 22.6 Å². The van der Waals surface area contributed by atoms with Gasteiger partial charge in [-0.05, 0) is 30.3 Å². The van der Waals surface area contributed by atoms with E-state index in [4.69, 9.17) is 5.26 Å². The van der Waals surface area contributed by atoms with Gasteiger partial charge in [-0.2, -0.15) is 5.26 Å². The zero-order chi connectivity index (χ0) is 22.2. The Morgan fingerprint density at radius 3 is 2.58 bits per heavy atom. The summed E-state index contributed by atoms with van der Waals surface area (Å²) in [6.07, 6.45) is 2.16. The van der Waals surface area contributed by atoms with Crippen molar-refractivity contribution in [1.29, 1.82) is 5.26 Å². The first-order chi connectivity index (χ1) is 15.0. The predicted molar refractivity (Wildman–Crippen MR) is 117 cm³/mol. The standard InChI is InChI=1S/C24H25FN4O2/c1-2-28(17-24(31)27-14-18-8-10-19(25)11-9-18)16-23(30)21-15-29(13-5-12-26)22-7-4-3-6-20(21)22/h3-4,6-11,15H,2,5,13-14,16-17H2,1H3,(H,27,31). The third kappa shape index (κ3) is 5.77. The molecule has 1 N–H and O–H groups in total. The van der Waals surface area contributed by atoms with Crippen molar-refractivity contribution in [3.8, 4) is 6.07 Å². The van der Waals surface area contributed by atoms with Crippen LogP contribution in [0, 0.1) is 17.1 Å². The number of fused-ring (bicyclic) bond motifs is 1. The summed E-state index contributed by atoms with van der Waals surface area (Å²) in [6.45, 7) is 3.48. The van der Waals surface area contributed by atoms with E-state index in [1.54, 1.807) is 23.2 Å². The van der Waals surface area contributed by atoms with Gasteiger partial charge in [0.05, 0.1) is 25.6 Å². The van der Waals surface area contributed by atoms with Gasteiger partial charge in [-0.3, -0.25) is 14.5 Å². The highest BCUT2D eigenvalue weighted by Crippen LogP contribution is 2.22. The quantitative estimate of drug-likeness (QED) is 0.509. The Kier molecular flexibility index (Phi) is 7.52. The third-order valence-corrected chi connectivity index (χ3v) is 5.14. The van der Waals surface area contributed by atoms with Gasteiger partial charge in [0.25, 0.3) is 0 Å². The minimum atomic E-state index is -0.320. The molecule has 0 atom stereocenters. The fraction of sp³-hybridized carbons (Fsp3) is 0.292. The first-order valence-electron chi connectivity index (χ1n) is 10.2. The highest BCUT2D eigenvalue weighted by atomic mass is 19.1. The fourth-order valence-electron chi connectivity index (χ4n) is 3.45. The minimum absolute atomic E-state index is 0.0694. The molecule has 3 aromatic rings. The second-order valence-electron chi connectivity index (χ2n) is 7.29. The molecule has 0 fully saturated rings. The molecule has 0 spiro atoms. The molecule has 0 aliphatic carbocycles. The molecular weight excluding hydrogens is 395 g/mol. The molecule has 0 saturated heterocycles. The van der Waals surface area contributed by atoms with Gasteiger partial charge >= 0.3 is 0 Å². The van der Waals surface area contributed by atoms with Crippen LogP contribution in [0.1, 0.15) is 29.3 Å². The second-order valence-corrected chi connectivity index (χ2v) is 7.29. The first-order valence-corrected chi connectivity index (χ1v) is 10.2. The number of hydrogen-bond acceptors (Lipinski definition) is 4. The van der Waals surface area contributed by atoms with Crippen LogP contribution in [-0.4, -0.2) is 40.8 Å². The molecule has 0 unspecified atom stereocenters. The van der Waals surface area contributed by atoms with E-state index in [1.165, 1.54) is 12.1 Å². The Balaban J connectivity index is 1.63. The Bertz CT molecular complexity index is 1100. The van der Waals surface area contributed by atoms with E-state index < -0.39 is 0 Å². The molecule has 31 heavy (non-hydrogen) atoms. The Morgan fingerprint density at radius 1 is 1.13 bits per heavy atom. The Hall–Kier alpha value is -3.50. The van der Waals surface area contributed by atoms with E-state index in [1.807, 2.05) is 35.8 Å². The zero-order valence-electron chi connectivity index (χ0n) is 17.5. The number of nitrogens with one attached hydrogen (secondary N) is 1. The van der Waals surface area contributed by atoms with E-state index in [0.29, 0.717) is 31.6 Å². The van der Waals surface area contributed by atoms with Crippen LogP contribution in [0.4, 0.5) is 4.39 Å². The summed E-state index contributed by atoms with van der Waals surface area (Å²) >= 11 is 0. The number of halogens is 1. The molecule has 0 aliphatic rings. The number of aromatic nitrogens is 1. The topological polar surface area (TPSA) is 78.1 Å². The van der Waals surface area contributed by atoms with Crippen LogP contribution in [0.5, 0.6) is 0 Å². The highest BCUT2D eigenvalue weighted by molar-refractivity contribution is 6.09. The normalized spacial score (nSPS) is 10.9. The number of ketones is 1. The summed E-state index contributed by atoms with van der Waals surface area (Å²) in [5, 5.41) is 12.5. The summed E-state index contributed by atoms with van der Waals surface area (Å²) < 4.78 is 14.9. The average molecular weight is 420 g/mol. The number of nitrogens with zero attached hydrogens (tertiary/aromatic N) is 3. The Labute approximate surface area is 180 Å². The van der Waals surface area contributed by atoms with E-state index in [-0.39, 0.29) is 30.6 Å². The van der Waals surface area contributed by atoms with Gasteiger partial charge in [0.15, 0.2) is 5.78 Å². The number of likely N-dealkylation sites (N-methyl/N-ethyl adjacent to an activating group) is 1. The van der Waals surface area contributed by atoms with Crippen LogP contribution in [0.2, 0.25) is 0 Å². The second kappa shape index (κ2) is 10.5. The molecule has 1 heterocycles. The Morgan fingerprint density at radius 2 is 1.87 bits per heavy atom. The van der Waals surface area contributed by atoms with Gasteiger partial charge < -0.3 is 9.88 Å². The molecule has 0 bridgehead atoms. The maximum atomic E-state index is 13.0. The number of nitriles is 1. The number of benzene rings is 2. The maximum absolute atomic E-state index is 13.0. The lowest BCUT2D eigenvalue weighted by molar-refractivity contribution is -0.122. The fourth-order valence-corrected chi connectivity index (χ4v) is 3.45. The number of hydrogen-bond donors (Lipinski definition) is 1. The van der Waals surface area contributed by atoms with Crippen LogP contribution in [0.3, 0.4) is 0 Å². The summed E-state index contributed by atoms with van der Waals surface area (Å²) in [5.74, 6) is -0.588. The molecule has 3 rings (SSSR count). The van der Waals surface area contributed by atoms with Gasteiger partial charge in [-0.15, -0.1) is 0 Å². The van der Waals surface area contributed by atoms with Crippen molar-refractivity contribution in [3.05, 3.63) is 71.7 Å².